The number of ether oxygens (including phenoxy) is 1. The molecule has 0 spiro atoms. The van der Waals surface area contributed by atoms with E-state index in [-0.39, 0.29) is 24.0 Å². The molecule has 0 aliphatic carbocycles. The standard InChI is InChI=1S/C13H28N2O2/c1-9(2)12(14)7-8-15(5)11(4)10(3)13(16)17-6/h9-12H,7-8,14H2,1-6H3. The fourth-order valence-corrected chi connectivity index (χ4v) is 1.65. The van der Waals surface area contributed by atoms with Crippen LogP contribution in [0.4, 0.5) is 0 Å². The van der Waals surface area contributed by atoms with Gasteiger partial charge in [-0.2, -0.15) is 0 Å². The molecule has 0 saturated heterocycles. The van der Waals surface area contributed by atoms with Gasteiger partial charge in [-0.3, -0.25) is 4.79 Å². The number of nitrogens with zero attached hydrogens (tertiary/aromatic N) is 1. The van der Waals surface area contributed by atoms with Crippen LogP contribution >= 0.6 is 0 Å². The van der Waals surface area contributed by atoms with E-state index in [0.29, 0.717) is 5.92 Å². The van der Waals surface area contributed by atoms with Gasteiger partial charge in [0.25, 0.3) is 0 Å². The van der Waals surface area contributed by atoms with Crippen LogP contribution in [0.15, 0.2) is 0 Å². The van der Waals surface area contributed by atoms with E-state index in [1.165, 1.54) is 7.11 Å². The minimum Gasteiger partial charge on any atom is -0.469 e. The molecule has 4 nitrogen and oxygen atoms in total. The van der Waals surface area contributed by atoms with Gasteiger partial charge < -0.3 is 15.4 Å². The lowest BCUT2D eigenvalue weighted by atomic mass is 9.99. The number of methoxy groups -OCH3 is 1. The van der Waals surface area contributed by atoms with Gasteiger partial charge >= 0.3 is 5.97 Å². The molecule has 0 rings (SSSR count). The van der Waals surface area contributed by atoms with Crippen molar-refractivity contribution in [2.24, 2.45) is 17.6 Å². The van der Waals surface area contributed by atoms with Gasteiger partial charge in [-0.25, -0.2) is 0 Å². The molecule has 0 aliphatic rings. The number of carbonyl (C=O) groups excluding carboxylic acids is 1. The number of hydrogen-bond donors (Lipinski definition) is 1. The Morgan fingerprint density at radius 2 is 1.82 bits per heavy atom. The minimum absolute atomic E-state index is 0.111. The summed E-state index contributed by atoms with van der Waals surface area (Å²) >= 11 is 0. The SMILES string of the molecule is COC(=O)C(C)C(C)N(C)CCC(N)C(C)C. The third-order valence-corrected chi connectivity index (χ3v) is 3.66. The Labute approximate surface area is 105 Å². The molecule has 17 heavy (non-hydrogen) atoms. The highest BCUT2D eigenvalue weighted by Gasteiger charge is 2.24. The van der Waals surface area contributed by atoms with E-state index in [9.17, 15) is 4.79 Å². The summed E-state index contributed by atoms with van der Waals surface area (Å²) in [5, 5.41) is 0. The van der Waals surface area contributed by atoms with Crippen LogP contribution in [0.25, 0.3) is 0 Å². The van der Waals surface area contributed by atoms with Crippen LogP contribution in [-0.2, 0) is 9.53 Å². The lowest BCUT2D eigenvalue weighted by Crippen LogP contribution is -2.41. The highest BCUT2D eigenvalue weighted by atomic mass is 16.5. The predicted octanol–water partition coefficient (Wildman–Crippen LogP) is 1.49. The van der Waals surface area contributed by atoms with E-state index in [4.69, 9.17) is 10.5 Å². The first-order valence-corrected chi connectivity index (χ1v) is 6.34. The summed E-state index contributed by atoms with van der Waals surface area (Å²) in [4.78, 5) is 13.6. The van der Waals surface area contributed by atoms with Crippen molar-refractivity contribution < 1.29 is 9.53 Å². The first kappa shape index (κ1) is 16.4. The predicted molar refractivity (Wildman–Crippen MR) is 70.7 cm³/mol. The van der Waals surface area contributed by atoms with Crippen molar-refractivity contribution in [1.29, 1.82) is 0 Å². The Kier molecular flexibility index (Phi) is 7.39. The average molecular weight is 244 g/mol. The second-order valence-electron chi connectivity index (χ2n) is 5.23. The van der Waals surface area contributed by atoms with Crippen LogP contribution in [-0.4, -0.2) is 43.7 Å². The Bertz CT molecular complexity index is 231. The van der Waals surface area contributed by atoms with Gasteiger partial charge in [-0.05, 0) is 32.9 Å². The van der Waals surface area contributed by atoms with E-state index in [0.717, 1.165) is 13.0 Å². The second-order valence-corrected chi connectivity index (χ2v) is 5.23. The first-order valence-electron chi connectivity index (χ1n) is 6.34. The molecule has 3 atom stereocenters. The maximum absolute atomic E-state index is 11.4. The Morgan fingerprint density at radius 1 is 1.29 bits per heavy atom. The van der Waals surface area contributed by atoms with Crippen LogP contribution in [0, 0.1) is 11.8 Å². The largest absolute Gasteiger partial charge is 0.469 e. The van der Waals surface area contributed by atoms with Crippen LogP contribution in [0.5, 0.6) is 0 Å². The van der Waals surface area contributed by atoms with E-state index >= 15 is 0 Å². The van der Waals surface area contributed by atoms with Gasteiger partial charge in [-0.15, -0.1) is 0 Å². The summed E-state index contributed by atoms with van der Waals surface area (Å²) in [6.45, 7) is 9.11. The highest BCUT2D eigenvalue weighted by Crippen LogP contribution is 2.12. The van der Waals surface area contributed by atoms with Gasteiger partial charge in [0.15, 0.2) is 0 Å². The van der Waals surface area contributed by atoms with Crippen molar-refractivity contribution in [3.8, 4) is 0 Å². The molecule has 0 bridgehead atoms. The molecule has 0 aliphatic heterocycles. The highest BCUT2D eigenvalue weighted by molar-refractivity contribution is 5.72. The molecule has 0 heterocycles. The van der Waals surface area contributed by atoms with E-state index in [2.05, 4.69) is 18.7 Å². The normalized spacial score (nSPS) is 17.0. The van der Waals surface area contributed by atoms with Crippen LogP contribution in [0.3, 0.4) is 0 Å². The zero-order chi connectivity index (χ0) is 13.6. The molecule has 0 aromatic carbocycles. The molecule has 0 aromatic rings. The molecule has 0 fully saturated rings. The Balaban J connectivity index is 4.13. The van der Waals surface area contributed by atoms with Crippen molar-refractivity contribution in [3.63, 3.8) is 0 Å². The van der Waals surface area contributed by atoms with Crippen molar-refractivity contribution >= 4 is 5.97 Å². The maximum atomic E-state index is 11.4. The molecule has 0 saturated carbocycles. The van der Waals surface area contributed by atoms with Gasteiger partial charge in [0.1, 0.15) is 0 Å². The molecular formula is C13H28N2O2. The summed E-state index contributed by atoms with van der Waals surface area (Å²) in [6.07, 6.45) is 0.951. The van der Waals surface area contributed by atoms with Crippen molar-refractivity contribution in [1.82, 2.24) is 4.90 Å². The smallest absolute Gasteiger partial charge is 0.309 e. The molecule has 4 heteroatoms. The number of rotatable bonds is 7. The zero-order valence-corrected chi connectivity index (χ0v) is 12.1. The van der Waals surface area contributed by atoms with E-state index in [1.807, 2.05) is 20.9 Å². The molecular weight excluding hydrogens is 216 g/mol. The number of esters is 1. The first-order chi connectivity index (χ1) is 7.81. The van der Waals surface area contributed by atoms with Crippen molar-refractivity contribution in [2.75, 3.05) is 20.7 Å². The maximum Gasteiger partial charge on any atom is 0.309 e. The summed E-state index contributed by atoms with van der Waals surface area (Å²) in [7, 11) is 3.46. The van der Waals surface area contributed by atoms with E-state index in [1.54, 1.807) is 0 Å². The Morgan fingerprint density at radius 3 is 2.24 bits per heavy atom. The van der Waals surface area contributed by atoms with Crippen LogP contribution in [0.1, 0.15) is 34.1 Å². The van der Waals surface area contributed by atoms with Crippen molar-refractivity contribution in [3.05, 3.63) is 0 Å². The average Bonchev–Trinajstić information content (AvgIpc) is 2.32. The second kappa shape index (κ2) is 7.67. The lowest BCUT2D eigenvalue weighted by Gasteiger charge is -2.29. The Hall–Kier alpha value is -0.610. The third-order valence-electron chi connectivity index (χ3n) is 3.66. The van der Waals surface area contributed by atoms with E-state index < -0.39 is 0 Å². The van der Waals surface area contributed by atoms with Crippen LogP contribution in [0.2, 0.25) is 0 Å². The molecule has 2 N–H and O–H groups in total. The molecule has 0 amide bonds. The zero-order valence-electron chi connectivity index (χ0n) is 12.1. The molecule has 0 radical (unpaired) electrons. The summed E-state index contributed by atoms with van der Waals surface area (Å²) < 4.78 is 4.76. The fourth-order valence-electron chi connectivity index (χ4n) is 1.65. The minimum atomic E-state index is -0.155. The van der Waals surface area contributed by atoms with Gasteiger partial charge in [0.2, 0.25) is 0 Å². The summed E-state index contributed by atoms with van der Waals surface area (Å²) in [5.74, 6) is 0.231. The molecule has 102 valence electrons. The lowest BCUT2D eigenvalue weighted by molar-refractivity contribution is -0.146. The monoisotopic (exact) mass is 244 g/mol. The fraction of sp³-hybridized carbons (Fsp3) is 0.923. The number of nitrogens with two attached hydrogens (primary N) is 1. The molecule has 0 aromatic heterocycles. The number of hydrogen-bond acceptors (Lipinski definition) is 4. The third kappa shape index (κ3) is 5.50. The van der Waals surface area contributed by atoms with Crippen LogP contribution < -0.4 is 5.73 Å². The summed E-state index contributed by atoms with van der Waals surface area (Å²) in [6, 6.07) is 0.389. The van der Waals surface area contributed by atoms with Gasteiger partial charge in [-0.1, -0.05) is 20.8 Å². The quantitative estimate of drug-likeness (QED) is 0.689. The topological polar surface area (TPSA) is 55.6 Å². The van der Waals surface area contributed by atoms with Gasteiger partial charge in [0, 0.05) is 12.1 Å². The molecule has 3 unspecified atom stereocenters. The van der Waals surface area contributed by atoms with Crippen molar-refractivity contribution in [2.45, 2.75) is 46.2 Å². The van der Waals surface area contributed by atoms with Gasteiger partial charge in [0.05, 0.1) is 13.0 Å². The number of carbonyl (C=O) groups is 1. The summed E-state index contributed by atoms with van der Waals surface area (Å²) in [5.41, 5.74) is 6.01.